The number of likely N-dealkylation sites (tertiary alicyclic amines) is 1. The maximum atomic E-state index is 11.4. The molecule has 0 spiro atoms. The smallest absolute Gasteiger partial charge is 0.251 e. The quantitative estimate of drug-likeness (QED) is 0.588. The summed E-state index contributed by atoms with van der Waals surface area (Å²) in [5, 5.41) is 2.41. The van der Waals surface area contributed by atoms with Gasteiger partial charge >= 0.3 is 0 Å². The minimum absolute atomic E-state index is 0.306. The molecular formula is C8H12N2O3. The van der Waals surface area contributed by atoms with Gasteiger partial charge in [0.05, 0.1) is 0 Å². The number of amides is 3. The molecule has 0 aromatic carbocycles. The van der Waals surface area contributed by atoms with Crippen LogP contribution in [0.2, 0.25) is 0 Å². The van der Waals surface area contributed by atoms with E-state index in [0.29, 0.717) is 25.8 Å². The van der Waals surface area contributed by atoms with Crippen LogP contribution in [0.5, 0.6) is 0 Å². The summed E-state index contributed by atoms with van der Waals surface area (Å²) in [6.45, 7) is 0.458. The summed E-state index contributed by atoms with van der Waals surface area (Å²) in [5.74, 6) is -0.306. The maximum Gasteiger partial charge on any atom is 0.251 e. The predicted octanol–water partition coefficient (Wildman–Crippen LogP) is -0.730. The van der Waals surface area contributed by atoms with E-state index < -0.39 is 6.04 Å². The van der Waals surface area contributed by atoms with Crippen LogP contribution in [0.1, 0.15) is 19.3 Å². The Bertz CT molecular complexity index is 217. The Hall–Kier alpha value is -1.39. The molecule has 0 aliphatic carbocycles. The van der Waals surface area contributed by atoms with Crippen LogP contribution in [0, 0.1) is 0 Å². The van der Waals surface area contributed by atoms with Crippen molar-refractivity contribution in [1.29, 1.82) is 0 Å². The number of carbonyl (C=O) groups is 3. The Balaban J connectivity index is 2.66. The van der Waals surface area contributed by atoms with Crippen molar-refractivity contribution < 1.29 is 14.4 Å². The molecule has 72 valence electrons. The van der Waals surface area contributed by atoms with Gasteiger partial charge in [-0.15, -0.1) is 0 Å². The van der Waals surface area contributed by atoms with Gasteiger partial charge < -0.3 is 5.32 Å². The van der Waals surface area contributed by atoms with E-state index in [4.69, 9.17) is 0 Å². The van der Waals surface area contributed by atoms with E-state index in [0.717, 1.165) is 17.7 Å². The molecule has 1 heterocycles. The van der Waals surface area contributed by atoms with Crippen molar-refractivity contribution in [2.24, 2.45) is 0 Å². The lowest BCUT2D eigenvalue weighted by Gasteiger charge is -2.17. The Morgan fingerprint density at radius 3 is 2.77 bits per heavy atom. The van der Waals surface area contributed by atoms with Crippen LogP contribution in [-0.2, 0) is 14.4 Å². The number of nitrogens with zero attached hydrogens (tertiary/aromatic N) is 1. The summed E-state index contributed by atoms with van der Waals surface area (Å²) in [4.78, 5) is 33.2. The average Bonchev–Trinajstić information content (AvgIpc) is 2.30. The summed E-state index contributed by atoms with van der Waals surface area (Å²) >= 11 is 0. The summed E-state index contributed by atoms with van der Waals surface area (Å²) in [6.07, 6.45) is 3.29. The number of rotatable bonds is 3. The van der Waals surface area contributed by atoms with Gasteiger partial charge in [0.15, 0.2) is 0 Å². The molecule has 1 aliphatic rings. The minimum Gasteiger partial charge on any atom is -0.347 e. The molecule has 1 atom stereocenters. The molecule has 0 saturated carbocycles. The van der Waals surface area contributed by atoms with Crippen LogP contribution >= 0.6 is 0 Å². The highest BCUT2D eigenvalue weighted by Gasteiger charge is 2.25. The fourth-order valence-corrected chi connectivity index (χ4v) is 1.41. The first-order valence-corrected chi connectivity index (χ1v) is 4.25. The maximum absolute atomic E-state index is 11.4. The Morgan fingerprint density at radius 2 is 2.15 bits per heavy atom. The molecule has 1 saturated heterocycles. The Labute approximate surface area is 76.1 Å². The van der Waals surface area contributed by atoms with E-state index in [-0.39, 0.29) is 5.91 Å². The molecule has 0 radical (unpaired) electrons. The van der Waals surface area contributed by atoms with Gasteiger partial charge in [0.2, 0.25) is 12.8 Å². The highest BCUT2D eigenvalue weighted by atomic mass is 16.2. The van der Waals surface area contributed by atoms with Crippen molar-refractivity contribution in [1.82, 2.24) is 10.2 Å². The van der Waals surface area contributed by atoms with E-state index in [1.54, 1.807) is 0 Å². The highest BCUT2D eigenvalue weighted by molar-refractivity contribution is 5.91. The van der Waals surface area contributed by atoms with Crippen LogP contribution in [0.3, 0.4) is 0 Å². The van der Waals surface area contributed by atoms with Crippen molar-refractivity contribution in [3.05, 3.63) is 0 Å². The molecule has 1 rings (SSSR count). The third-order valence-electron chi connectivity index (χ3n) is 2.12. The summed E-state index contributed by atoms with van der Waals surface area (Å²) < 4.78 is 0. The summed E-state index contributed by atoms with van der Waals surface area (Å²) in [6, 6.07) is -0.523. The molecule has 5 heteroatoms. The van der Waals surface area contributed by atoms with Gasteiger partial charge in [-0.05, 0) is 19.3 Å². The second-order valence-corrected chi connectivity index (χ2v) is 2.97. The molecule has 0 bridgehead atoms. The molecule has 0 unspecified atom stereocenters. The molecule has 1 fully saturated rings. The number of imide groups is 1. The molecule has 3 amide bonds. The van der Waals surface area contributed by atoms with E-state index in [1.807, 2.05) is 0 Å². The zero-order valence-electron chi connectivity index (χ0n) is 7.23. The minimum atomic E-state index is -0.523. The van der Waals surface area contributed by atoms with Gasteiger partial charge in [0, 0.05) is 6.54 Å². The van der Waals surface area contributed by atoms with E-state index in [2.05, 4.69) is 5.32 Å². The molecule has 1 aliphatic heterocycles. The first kappa shape index (κ1) is 9.70. The first-order valence-electron chi connectivity index (χ1n) is 4.25. The molecule has 0 aromatic rings. The standard InChI is InChI=1S/C8H12N2O3/c11-5-9-7-3-1-2-4-10(6-12)8(7)13/h5-7H,1-4H2,(H,9,11)/t7-/m0/s1. The van der Waals surface area contributed by atoms with Gasteiger partial charge in [-0.2, -0.15) is 0 Å². The summed E-state index contributed by atoms with van der Waals surface area (Å²) in [7, 11) is 0. The third-order valence-corrected chi connectivity index (χ3v) is 2.12. The SMILES string of the molecule is O=CN[C@H]1CCCCN(C=O)C1=O. The second kappa shape index (κ2) is 4.59. The zero-order chi connectivity index (χ0) is 9.68. The van der Waals surface area contributed by atoms with Crippen LogP contribution in [0.4, 0.5) is 0 Å². The molecule has 1 N–H and O–H groups in total. The average molecular weight is 184 g/mol. The molecule has 5 nitrogen and oxygen atoms in total. The van der Waals surface area contributed by atoms with E-state index >= 15 is 0 Å². The summed E-state index contributed by atoms with van der Waals surface area (Å²) in [5.41, 5.74) is 0. The lowest BCUT2D eigenvalue weighted by molar-refractivity contribution is -0.140. The molecular weight excluding hydrogens is 172 g/mol. The van der Waals surface area contributed by atoms with E-state index in [9.17, 15) is 14.4 Å². The Kier molecular flexibility index (Phi) is 3.42. The van der Waals surface area contributed by atoms with Crippen LogP contribution < -0.4 is 5.32 Å². The van der Waals surface area contributed by atoms with Crippen LogP contribution in [-0.4, -0.2) is 36.2 Å². The van der Waals surface area contributed by atoms with Crippen molar-refractivity contribution in [3.63, 3.8) is 0 Å². The monoisotopic (exact) mass is 184 g/mol. The number of carbonyl (C=O) groups excluding carboxylic acids is 3. The van der Waals surface area contributed by atoms with Gasteiger partial charge in [-0.25, -0.2) is 0 Å². The van der Waals surface area contributed by atoms with Crippen molar-refractivity contribution in [2.75, 3.05) is 6.54 Å². The van der Waals surface area contributed by atoms with Crippen molar-refractivity contribution in [2.45, 2.75) is 25.3 Å². The van der Waals surface area contributed by atoms with E-state index in [1.165, 1.54) is 0 Å². The molecule has 0 aromatic heterocycles. The van der Waals surface area contributed by atoms with Crippen molar-refractivity contribution in [3.8, 4) is 0 Å². The normalized spacial score (nSPS) is 23.5. The topological polar surface area (TPSA) is 66.5 Å². The fourth-order valence-electron chi connectivity index (χ4n) is 1.41. The van der Waals surface area contributed by atoms with Gasteiger partial charge in [0.1, 0.15) is 6.04 Å². The van der Waals surface area contributed by atoms with Gasteiger partial charge in [-0.1, -0.05) is 0 Å². The zero-order valence-corrected chi connectivity index (χ0v) is 7.23. The second-order valence-electron chi connectivity index (χ2n) is 2.97. The number of nitrogens with one attached hydrogen (secondary N) is 1. The highest BCUT2D eigenvalue weighted by Crippen LogP contribution is 2.10. The first-order chi connectivity index (χ1) is 6.29. The fraction of sp³-hybridized carbons (Fsp3) is 0.625. The van der Waals surface area contributed by atoms with Crippen LogP contribution in [0.25, 0.3) is 0 Å². The number of hydrogen-bond acceptors (Lipinski definition) is 3. The van der Waals surface area contributed by atoms with Crippen molar-refractivity contribution >= 4 is 18.7 Å². The third kappa shape index (κ3) is 2.27. The Morgan fingerprint density at radius 1 is 1.38 bits per heavy atom. The van der Waals surface area contributed by atoms with Gasteiger partial charge in [0.25, 0.3) is 5.91 Å². The predicted molar refractivity (Wildman–Crippen MR) is 44.6 cm³/mol. The number of hydrogen-bond donors (Lipinski definition) is 1. The lowest BCUT2D eigenvalue weighted by Crippen LogP contribution is -2.44. The van der Waals surface area contributed by atoms with Crippen LogP contribution in [0.15, 0.2) is 0 Å². The molecule has 13 heavy (non-hydrogen) atoms. The van der Waals surface area contributed by atoms with Gasteiger partial charge in [-0.3, -0.25) is 19.3 Å². The largest absolute Gasteiger partial charge is 0.347 e. The lowest BCUT2D eigenvalue weighted by atomic mass is 10.1.